The number of amides is 1. The van der Waals surface area contributed by atoms with E-state index in [-0.39, 0.29) is 17.9 Å². The van der Waals surface area contributed by atoms with Crippen LogP contribution in [0.4, 0.5) is 8.78 Å². The molecule has 180 valence electrons. The second-order valence-electron chi connectivity index (χ2n) is 9.19. The Kier molecular flexibility index (Phi) is 6.83. The lowest BCUT2D eigenvalue weighted by Gasteiger charge is -2.38. The van der Waals surface area contributed by atoms with Gasteiger partial charge in [-0.3, -0.25) is 14.7 Å². The zero-order valence-electron chi connectivity index (χ0n) is 19.3. The van der Waals surface area contributed by atoms with Crippen molar-refractivity contribution in [2.24, 2.45) is 5.92 Å². The molecule has 0 atom stereocenters. The first-order chi connectivity index (χ1) is 16.5. The van der Waals surface area contributed by atoms with Crippen molar-refractivity contribution in [3.8, 4) is 0 Å². The minimum atomic E-state index is -0.878. The lowest BCUT2D eigenvalue weighted by Crippen LogP contribution is -2.45. The van der Waals surface area contributed by atoms with Gasteiger partial charge in [-0.1, -0.05) is 11.8 Å². The van der Waals surface area contributed by atoms with Gasteiger partial charge >= 0.3 is 0 Å². The molecule has 0 saturated carbocycles. The van der Waals surface area contributed by atoms with Crippen molar-refractivity contribution in [3.05, 3.63) is 53.9 Å². The number of piperidine rings is 2. The van der Waals surface area contributed by atoms with Gasteiger partial charge in [-0.05, 0) is 62.7 Å². The monoisotopic (exact) mass is 485 g/mol. The van der Waals surface area contributed by atoms with Gasteiger partial charge in [0.15, 0.2) is 16.8 Å². The Morgan fingerprint density at radius 2 is 1.71 bits per heavy atom. The summed E-state index contributed by atoms with van der Waals surface area (Å²) < 4.78 is 29.7. The zero-order valence-corrected chi connectivity index (χ0v) is 20.1. The maximum Gasteiger partial charge on any atom is 0.225 e. The van der Waals surface area contributed by atoms with Crippen LogP contribution in [0.15, 0.2) is 41.8 Å². The number of pyridine rings is 1. The minimum Gasteiger partial charge on any atom is -0.342 e. The molecule has 34 heavy (non-hydrogen) atoms. The molecule has 1 aromatic carbocycles. The van der Waals surface area contributed by atoms with E-state index in [1.165, 1.54) is 29.5 Å². The normalized spacial score (nSPS) is 18.6. The van der Waals surface area contributed by atoms with Gasteiger partial charge in [0, 0.05) is 56.1 Å². The van der Waals surface area contributed by atoms with E-state index in [0.29, 0.717) is 24.1 Å². The minimum absolute atomic E-state index is 0.0816. The standard InChI is InChI=1S/C25H29F2N5OS/c1-34-25-29-22-14-20(26)21(27)15-23(22)32(25)19-6-12-31(13-7-19)24(33)18-4-10-30(11-5-18)16-17-2-8-28-9-3-17/h2-3,8-9,14-15,18-19H,4-7,10-13,16H2,1H3. The molecule has 1 amide bonds. The zero-order chi connectivity index (χ0) is 23.7. The maximum atomic E-state index is 14.0. The molecule has 3 aromatic rings. The second-order valence-corrected chi connectivity index (χ2v) is 9.96. The van der Waals surface area contributed by atoms with Crippen molar-refractivity contribution in [1.82, 2.24) is 24.3 Å². The Labute approximate surface area is 202 Å². The summed E-state index contributed by atoms with van der Waals surface area (Å²) in [4.78, 5) is 26.2. The first kappa shape index (κ1) is 23.2. The number of carbonyl (C=O) groups excluding carboxylic acids is 1. The van der Waals surface area contributed by atoms with Gasteiger partial charge in [0.1, 0.15) is 0 Å². The van der Waals surface area contributed by atoms with E-state index < -0.39 is 11.6 Å². The largest absolute Gasteiger partial charge is 0.342 e. The van der Waals surface area contributed by atoms with Crippen LogP contribution in [-0.2, 0) is 11.3 Å². The molecule has 0 aliphatic carbocycles. The van der Waals surface area contributed by atoms with Crippen molar-refractivity contribution in [3.63, 3.8) is 0 Å². The summed E-state index contributed by atoms with van der Waals surface area (Å²) in [5, 5.41) is 0.756. The molecule has 4 heterocycles. The van der Waals surface area contributed by atoms with Crippen LogP contribution in [0.3, 0.4) is 0 Å². The Morgan fingerprint density at radius 3 is 2.38 bits per heavy atom. The van der Waals surface area contributed by atoms with Gasteiger partial charge in [-0.25, -0.2) is 13.8 Å². The maximum absolute atomic E-state index is 14.0. The summed E-state index contributed by atoms with van der Waals surface area (Å²) in [6.45, 7) is 4.11. The van der Waals surface area contributed by atoms with Crippen LogP contribution in [0.5, 0.6) is 0 Å². The van der Waals surface area contributed by atoms with E-state index in [9.17, 15) is 13.6 Å². The molecule has 2 fully saturated rings. The molecule has 0 spiro atoms. The number of aromatic nitrogens is 3. The fourth-order valence-corrected chi connectivity index (χ4v) is 5.89. The van der Waals surface area contributed by atoms with E-state index in [4.69, 9.17) is 0 Å². The lowest BCUT2D eigenvalue weighted by molar-refractivity contribution is -0.138. The molecule has 0 bridgehead atoms. The van der Waals surface area contributed by atoms with Crippen LogP contribution in [0.25, 0.3) is 11.0 Å². The van der Waals surface area contributed by atoms with E-state index >= 15 is 0 Å². The number of hydrogen-bond acceptors (Lipinski definition) is 5. The van der Waals surface area contributed by atoms with Crippen LogP contribution >= 0.6 is 11.8 Å². The number of fused-ring (bicyclic) bond motifs is 1. The first-order valence-corrected chi connectivity index (χ1v) is 13.1. The number of nitrogens with zero attached hydrogens (tertiary/aromatic N) is 5. The van der Waals surface area contributed by atoms with E-state index in [1.807, 2.05) is 40.2 Å². The van der Waals surface area contributed by atoms with Gasteiger partial charge in [0.05, 0.1) is 11.0 Å². The number of likely N-dealkylation sites (tertiary alicyclic amines) is 2. The summed E-state index contributed by atoms with van der Waals surface area (Å²) in [5.74, 6) is -1.39. The second kappa shape index (κ2) is 10.00. The predicted molar refractivity (Wildman–Crippen MR) is 129 cm³/mol. The van der Waals surface area contributed by atoms with Crippen LogP contribution in [0.2, 0.25) is 0 Å². The quantitative estimate of drug-likeness (QED) is 0.498. The number of imidazole rings is 1. The molecule has 0 radical (unpaired) electrons. The highest BCUT2D eigenvalue weighted by Crippen LogP contribution is 2.34. The lowest BCUT2D eigenvalue weighted by atomic mass is 9.93. The Balaban J connectivity index is 1.19. The SMILES string of the molecule is CSc1nc2cc(F)c(F)cc2n1C1CCN(C(=O)C2CCN(Cc3ccncc3)CC2)CC1. The molecular formula is C25H29F2N5OS. The number of thioether (sulfide) groups is 1. The third-order valence-corrected chi connectivity index (χ3v) is 7.77. The summed E-state index contributed by atoms with van der Waals surface area (Å²) in [6.07, 6.45) is 8.89. The third-order valence-electron chi connectivity index (χ3n) is 7.12. The number of hydrogen-bond donors (Lipinski definition) is 0. The highest BCUT2D eigenvalue weighted by Gasteiger charge is 2.32. The van der Waals surface area contributed by atoms with Crippen molar-refractivity contribution in [1.29, 1.82) is 0 Å². The fraction of sp³-hybridized carbons (Fsp3) is 0.480. The van der Waals surface area contributed by atoms with Crippen LogP contribution < -0.4 is 0 Å². The summed E-state index contributed by atoms with van der Waals surface area (Å²) in [6, 6.07) is 6.61. The highest BCUT2D eigenvalue weighted by molar-refractivity contribution is 7.98. The van der Waals surface area contributed by atoms with Crippen LogP contribution in [0.1, 0.15) is 37.3 Å². The number of benzene rings is 1. The Bertz CT molecular complexity index is 1160. The van der Waals surface area contributed by atoms with E-state index in [0.717, 1.165) is 50.5 Å². The van der Waals surface area contributed by atoms with Crippen molar-refractivity contribution in [2.45, 2.75) is 43.4 Å². The van der Waals surface area contributed by atoms with Gasteiger partial charge in [-0.2, -0.15) is 0 Å². The summed E-state index contributed by atoms with van der Waals surface area (Å²) in [7, 11) is 0. The Morgan fingerprint density at radius 1 is 1.03 bits per heavy atom. The third kappa shape index (κ3) is 4.68. The molecular weight excluding hydrogens is 456 g/mol. The molecule has 2 saturated heterocycles. The average molecular weight is 486 g/mol. The van der Waals surface area contributed by atoms with Crippen molar-refractivity contribution >= 4 is 28.7 Å². The van der Waals surface area contributed by atoms with Gasteiger partial charge in [-0.15, -0.1) is 0 Å². The van der Waals surface area contributed by atoms with Gasteiger partial charge < -0.3 is 9.47 Å². The molecule has 2 aliphatic heterocycles. The van der Waals surface area contributed by atoms with Crippen molar-refractivity contribution in [2.75, 3.05) is 32.4 Å². The summed E-state index contributed by atoms with van der Waals surface area (Å²) >= 11 is 1.48. The molecule has 6 nitrogen and oxygen atoms in total. The van der Waals surface area contributed by atoms with Crippen LogP contribution in [0, 0.1) is 17.6 Å². The van der Waals surface area contributed by atoms with Crippen molar-refractivity contribution < 1.29 is 13.6 Å². The molecule has 5 rings (SSSR count). The summed E-state index contributed by atoms with van der Waals surface area (Å²) in [5.41, 5.74) is 2.34. The van der Waals surface area contributed by atoms with Crippen LogP contribution in [-0.4, -0.2) is 62.7 Å². The van der Waals surface area contributed by atoms with E-state index in [2.05, 4.69) is 14.9 Å². The average Bonchev–Trinajstić information content (AvgIpc) is 3.22. The topological polar surface area (TPSA) is 54.3 Å². The highest BCUT2D eigenvalue weighted by atomic mass is 32.2. The molecule has 2 aliphatic rings. The number of carbonyl (C=O) groups is 1. The predicted octanol–water partition coefficient (Wildman–Crippen LogP) is 4.51. The number of rotatable bonds is 5. The fourth-order valence-electron chi connectivity index (χ4n) is 5.25. The first-order valence-electron chi connectivity index (χ1n) is 11.8. The smallest absolute Gasteiger partial charge is 0.225 e. The molecule has 0 N–H and O–H groups in total. The van der Waals surface area contributed by atoms with Gasteiger partial charge in [0.25, 0.3) is 0 Å². The Hall–Kier alpha value is -2.52. The van der Waals surface area contributed by atoms with E-state index in [1.54, 1.807) is 0 Å². The molecule has 9 heteroatoms. The molecule has 2 aromatic heterocycles. The molecule has 0 unspecified atom stereocenters. The number of halogens is 2. The van der Waals surface area contributed by atoms with Gasteiger partial charge in [0.2, 0.25) is 5.91 Å².